The summed E-state index contributed by atoms with van der Waals surface area (Å²) in [6, 6.07) is 7.91. The molecule has 1 aromatic carbocycles. The molecule has 0 saturated carbocycles. The van der Waals surface area contributed by atoms with Crippen LogP contribution in [0.3, 0.4) is 0 Å². The number of fused-ring (bicyclic) bond motifs is 1. The van der Waals surface area contributed by atoms with Gasteiger partial charge in [0.05, 0.1) is 12.9 Å². The van der Waals surface area contributed by atoms with E-state index in [1.807, 2.05) is 24.3 Å². The molecule has 9 nitrogen and oxygen atoms in total. The quantitative estimate of drug-likeness (QED) is 0.459. The number of imidazole rings is 1. The molecule has 2 aromatic heterocycles. The zero-order valence-corrected chi connectivity index (χ0v) is 15.7. The Hall–Kier alpha value is -2.11. The van der Waals surface area contributed by atoms with Gasteiger partial charge in [-0.05, 0) is 17.7 Å². The lowest BCUT2D eigenvalue weighted by molar-refractivity contribution is -0.0511. The average molecular weight is 452 g/mol. The van der Waals surface area contributed by atoms with Crippen LogP contribution >= 0.6 is 15.9 Å². The second kappa shape index (κ2) is 8.50. The molecule has 1 unspecified atom stereocenters. The van der Waals surface area contributed by atoms with Gasteiger partial charge in [-0.3, -0.25) is 4.57 Å². The van der Waals surface area contributed by atoms with Crippen molar-refractivity contribution in [1.29, 1.82) is 0 Å². The Labute approximate surface area is 170 Å². The number of rotatable bonds is 5. The molecule has 3 aromatic rings. The molecule has 1 saturated heterocycles. The highest BCUT2D eigenvalue weighted by Crippen LogP contribution is 2.32. The van der Waals surface area contributed by atoms with E-state index in [1.165, 1.54) is 17.2 Å². The van der Waals surface area contributed by atoms with Gasteiger partial charge in [0.2, 0.25) is 0 Å². The van der Waals surface area contributed by atoms with Crippen LogP contribution in [0.4, 0.5) is 5.82 Å². The minimum Gasteiger partial charge on any atom is -0.394 e. The molecule has 0 bridgehead atoms. The minimum absolute atomic E-state index is 0. The van der Waals surface area contributed by atoms with E-state index in [1.54, 1.807) is 0 Å². The van der Waals surface area contributed by atoms with Crippen LogP contribution in [0.15, 0.2) is 41.4 Å². The minimum atomic E-state index is -1.20. The third-order valence-corrected chi connectivity index (χ3v) is 5.05. The van der Waals surface area contributed by atoms with Gasteiger partial charge in [0, 0.05) is 11.0 Å². The van der Waals surface area contributed by atoms with E-state index >= 15 is 0 Å². The Morgan fingerprint density at radius 1 is 1.11 bits per heavy atom. The number of nitrogens with one attached hydrogen (secondary N) is 1. The van der Waals surface area contributed by atoms with Gasteiger partial charge in [-0.1, -0.05) is 35.5 Å². The van der Waals surface area contributed by atoms with E-state index in [0.29, 0.717) is 23.5 Å². The van der Waals surface area contributed by atoms with Crippen LogP contribution in [0.25, 0.3) is 11.2 Å². The van der Waals surface area contributed by atoms with E-state index in [9.17, 15) is 15.3 Å². The molecule has 28 heavy (non-hydrogen) atoms. The molecule has 3 heterocycles. The fourth-order valence-electron chi connectivity index (χ4n) is 3.07. The number of ether oxygens (including phenoxy) is 1. The Bertz CT molecular complexity index is 935. The van der Waals surface area contributed by atoms with Gasteiger partial charge in [0.15, 0.2) is 23.2 Å². The fourth-order valence-corrected chi connectivity index (χ4v) is 3.33. The van der Waals surface area contributed by atoms with Gasteiger partial charge in [0.25, 0.3) is 0 Å². The molecule has 0 aliphatic carbocycles. The Kier molecular flexibility index (Phi) is 6.26. The van der Waals surface area contributed by atoms with Crippen molar-refractivity contribution < 1.29 is 20.1 Å². The van der Waals surface area contributed by atoms with Gasteiger partial charge >= 0.3 is 0 Å². The van der Waals surface area contributed by atoms with Gasteiger partial charge in [-0.25, -0.2) is 15.0 Å². The normalized spacial score (nSPS) is 24.3. The van der Waals surface area contributed by atoms with Crippen molar-refractivity contribution in [2.45, 2.75) is 38.5 Å². The van der Waals surface area contributed by atoms with E-state index in [4.69, 9.17) is 4.74 Å². The summed E-state index contributed by atoms with van der Waals surface area (Å²) in [6.07, 6.45) is -1.27. The maximum atomic E-state index is 10.2. The summed E-state index contributed by atoms with van der Waals surface area (Å²) in [4.78, 5) is 12.8. The van der Waals surface area contributed by atoms with Gasteiger partial charge in [0.1, 0.15) is 24.6 Å². The van der Waals surface area contributed by atoms with Crippen molar-refractivity contribution in [2.75, 3.05) is 11.9 Å². The van der Waals surface area contributed by atoms with E-state index in [-0.39, 0.29) is 7.43 Å². The van der Waals surface area contributed by atoms with Crippen molar-refractivity contribution in [1.82, 2.24) is 19.5 Å². The summed E-state index contributed by atoms with van der Waals surface area (Å²) < 4.78 is 8.10. The molecule has 0 radical (unpaired) electrons. The van der Waals surface area contributed by atoms with Crippen LogP contribution in [0, 0.1) is 0 Å². The monoisotopic (exact) mass is 451 g/mol. The number of aliphatic hydroxyl groups is 3. The third-order valence-electron chi connectivity index (χ3n) is 4.52. The molecule has 1 fully saturated rings. The summed E-state index contributed by atoms with van der Waals surface area (Å²) in [5.74, 6) is 0.549. The maximum absolute atomic E-state index is 10.2. The second-order valence-electron chi connectivity index (χ2n) is 6.26. The number of hydrogen-bond donors (Lipinski definition) is 4. The van der Waals surface area contributed by atoms with Crippen LogP contribution < -0.4 is 5.32 Å². The molecule has 150 valence electrons. The van der Waals surface area contributed by atoms with Crippen molar-refractivity contribution in [3.05, 3.63) is 47.0 Å². The zero-order valence-electron chi connectivity index (χ0n) is 14.1. The molecule has 0 amide bonds. The highest BCUT2D eigenvalue weighted by atomic mass is 79.9. The number of aliphatic hydroxyl groups excluding tert-OH is 3. The molecule has 1 aliphatic heterocycles. The predicted molar refractivity (Wildman–Crippen MR) is 107 cm³/mol. The van der Waals surface area contributed by atoms with Crippen LogP contribution in [0.2, 0.25) is 0 Å². The SMILES string of the molecule is C.OC[C@H]1O[C@@H](n2cnc3c(NCc4ccc(Br)cc4)ncnc32)[C@@H](O)C1O. The summed E-state index contributed by atoms with van der Waals surface area (Å²) in [5.41, 5.74) is 2.05. The summed E-state index contributed by atoms with van der Waals surface area (Å²) in [5, 5.41) is 32.7. The van der Waals surface area contributed by atoms with Crippen LogP contribution in [-0.4, -0.2) is 59.8 Å². The molecule has 10 heteroatoms. The topological polar surface area (TPSA) is 126 Å². The lowest BCUT2D eigenvalue weighted by atomic mass is 10.1. The molecule has 1 aliphatic rings. The predicted octanol–water partition coefficient (Wildman–Crippen LogP) is 1.45. The average Bonchev–Trinajstić information content (AvgIpc) is 3.23. The Morgan fingerprint density at radius 2 is 1.86 bits per heavy atom. The van der Waals surface area contributed by atoms with Crippen molar-refractivity contribution in [2.24, 2.45) is 0 Å². The molecular formula is C18H22BrN5O4. The third kappa shape index (κ3) is 3.74. The first kappa shape index (κ1) is 20.6. The maximum Gasteiger partial charge on any atom is 0.167 e. The number of anilines is 1. The smallest absolute Gasteiger partial charge is 0.167 e. The summed E-state index contributed by atoms with van der Waals surface area (Å²) in [7, 11) is 0. The van der Waals surface area contributed by atoms with Crippen LogP contribution in [0.1, 0.15) is 19.2 Å². The summed E-state index contributed by atoms with van der Waals surface area (Å²) in [6.45, 7) is 0.163. The molecule has 4 atom stereocenters. The van der Waals surface area contributed by atoms with Crippen LogP contribution in [-0.2, 0) is 11.3 Å². The largest absolute Gasteiger partial charge is 0.394 e. The molecule has 4 rings (SSSR count). The van der Waals surface area contributed by atoms with Gasteiger partial charge < -0.3 is 25.4 Å². The highest BCUT2D eigenvalue weighted by molar-refractivity contribution is 9.10. The zero-order chi connectivity index (χ0) is 19.0. The molecule has 4 N–H and O–H groups in total. The highest BCUT2D eigenvalue weighted by Gasteiger charge is 2.44. The van der Waals surface area contributed by atoms with E-state index in [2.05, 4.69) is 36.2 Å². The lowest BCUT2D eigenvalue weighted by Crippen LogP contribution is -2.33. The number of hydrogen-bond acceptors (Lipinski definition) is 8. The number of nitrogens with zero attached hydrogens (tertiary/aromatic N) is 4. The number of halogens is 1. The second-order valence-corrected chi connectivity index (χ2v) is 7.17. The lowest BCUT2D eigenvalue weighted by Gasteiger charge is -2.16. The van der Waals surface area contributed by atoms with Crippen LogP contribution in [0.5, 0.6) is 0 Å². The first-order valence-corrected chi connectivity index (χ1v) is 9.16. The summed E-state index contributed by atoms with van der Waals surface area (Å²) >= 11 is 3.41. The fraction of sp³-hybridized carbons (Fsp3) is 0.389. The number of aromatic nitrogens is 4. The standard InChI is InChI=1S/C17H18BrN5O4.CH4/c18-10-3-1-9(2-4-10)5-19-15-12-16(21-7-20-15)23(8-22-12)17-14(26)13(25)11(6-24)27-17;/h1-4,7-8,11,13-14,17,24-26H,5-6H2,(H,19,20,21);1H4/t11-,13?,14+,17-;/m1./s1. The van der Waals surface area contributed by atoms with Crippen molar-refractivity contribution >= 4 is 32.9 Å². The first-order chi connectivity index (χ1) is 13.1. The number of benzene rings is 1. The Balaban J connectivity index is 0.00000225. The van der Waals surface area contributed by atoms with E-state index in [0.717, 1.165) is 10.0 Å². The molecular weight excluding hydrogens is 430 g/mol. The first-order valence-electron chi connectivity index (χ1n) is 8.37. The molecule has 0 spiro atoms. The Morgan fingerprint density at radius 3 is 2.54 bits per heavy atom. The van der Waals surface area contributed by atoms with Gasteiger partial charge in [-0.15, -0.1) is 0 Å². The van der Waals surface area contributed by atoms with Crippen molar-refractivity contribution in [3.8, 4) is 0 Å². The van der Waals surface area contributed by atoms with E-state index < -0.39 is 31.1 Å². The van der Waals surface area contributed by atoms with Crippen molar-refractivity contribution in [3.63, 3.8) is 0 Å². The van der Waals surface area contributed by atoms with Gasteiger partial charge in [-0.2, -0.15) is 0 Å².